The number of hydrogen-bond donors (Lipinski definition) is 2. The highest BCUT2D eigenvalue weighted by Gasteiger charge is 2.04. The Balaban J connectivity index is 2.00. The maximum atomic E-state index is 4.95. The van der Waals surface area contributed by atoms with Crippen molar-refractivity contribution in [2.75, 3.05) is 6.54 Å². The smallest absolute Gasteiger partial charge is 0.223 e. The minimum Gasteiger partial charge on any atom is -0.357 e. The van der Waals surface area contributed by atoms with Gasteiger partial charge in [0, 0.05) is 13.5 Å². The summed E-state index contributed by atoms with van der Waals surface area (Å²) in [6.07, 6.45) is 1.01. The first kappa shape index (κ1) is 16.0. The fourth-order valence-electron chi connectivity index (χ4n) is 2.14. The number of benzene rings is 1. The fraction of sp³-hybridized carbons (Fsp3) is 0.438. The van der Waals surface area contributed by atoms with Crippen LogP contribution < -0.4 is 10.6 Å². The summed E-state index contributed by atoms with van der Waals surface area (Å²) in [7, 11) is 0. The van der Waals surface area contributed by atoms with Crippen LogP contribution in [0.15, 0.2) is 33.8 Å². The molecule has 0 amide bonds. The molecule has 0 radical (unpaired) electrons. The van der Waals surface area contributed by atoms with E-state index in [4.69, 9.17) is 4.52 Å². The summed E-state index contributed by atoms with van der Waals surface area (Å²) in [5, 5.41) is 10.3. The Bertz CT molecular complexity index is 621. The van der Waals surface area contributed by atoms with Crippen LogP contribution in [0, 0.1) is 6.92 Å². The predicted molar refractivity (Wildman–Crippen MR) is 86.5 cm³/mol. The van der Waals surface area contributed by atoms with Crippen LogP contribution >= 0.6 is 0 Å². The topological polar surface area (TPSA) is 75.3 Å². The number of nitrogens with one attached hydrogen (secondary N) is 2. The van der Waals surface area contributed by atoms with Gasteiger partial charge in [-0.2, -0.15) is 4.98 Å². The van der Waals surface area contributed by atoms with Gasteiger partial charge in [-0.15, -0.1) is 0 Å². The number of guanidine groups is 1. The van der Waals surface area contributed by atoms with Gasteiger partial charge in [0.2, 0.25) is 5.89 Å². The normalized spacial score (nSPS) is 11.5. The second kappa shape index (κ2) is 8.17. The van der Waals surface area contributed by atoms with Gasteiger partial charge in [-0.3, -0.25) is 0 Å². The highest BCUT2D eigenvalue weighted by atomic mass is 16.5. The first-order valence-electron chi connectivity index (χ1n) is 7.61. The lowest BCUT2D eigenvalue weighted by Crippen LogP contribution is -2.37. The molecule has 6 heteroatoms. The molecule has 1 aromatic heterocycles. The van der Waals surface area contributed by atoms with E-state index < -0.39 is 0 Å². The summed E-state index contributed by atoms with van der Waals surface area (Å²) in [5.74, 6) is 1.93. The van der Waals surface area contributed by atoms with Crippen molar-refractivity contribution in [3.63, 3.8) is 0 Å². The lowest BCUT2D eigenvalue weighted by Gasteiger charge is -2.10. The Morgan fingerprint density at radius 3 is 2.59 bits per heavy atom. The molecule has 0 bridgehead atoms. The molecular weight excluding hydrogens is 278 g/mol. The van der Waals surface area contributed by atoms with E-state index in [-0.39, 0.29) is 0 Å². The zero-order valence-corrected chi connectivity index (χ0v) is 13.4. The van der Waals surface area contributed by atoms with Gasteiger partial charge in [0.05, 0.1) is 13.1 Å². The summed E-state index contributed by atoms with van der Waals surface area (Å²) < 4.78 is 4.95. The third-order valence-electron chi connectivity index (χ3n) is 3.23. The Morgan fingerprint density at radius 1 is 1.18 bits per heavy atom. The van der Waals surface area contributed by atoms with Crippen LogP contribution in [0.4, 0.5) is 0 Å². The number of aromatic nitrogens is 2. The second-order valence-electron chi connectivity index (χ2n) is 4.90. The average molecular weight is 301 g/mol. The molecule has 0 spiro atoms. The maximum absolute atomic E-state index is 4.95. The monoisotopic (exact) mass is 301 g/mol. The Morgan fingerprint density at radius 2 is 1.95 bits per heavy atom. The van der Waals surface area contributed by atoms with E-state index in [0.717, 1.165) is 18.9 Å². The van der Waals surface area contributed by atoms with Crippen molar-refractivity contribution in [3.05, 3.63) is 47.1 Å². The average Bonchev–Trinajstić information content (AvgIpc) is 2.96. The van der Waals surface area contributed by atoms with Crippen molar-refractivity contribution in [1.29, 1.82) is 0 Å². The van der Waals surface area contributed by atoms with E-state index in [2.05, 4.69) is 50.9 Å². The molecule has 0 aliphatic rings. The van der Waals surface area contributed by atoms with Crippen molar-refractivity contribution in [1.82, 2.24) is 20.8 Å². The molecule has 0 fully saturated rings. The van der Waals surface area contributed by atoms with Crippen molar-refractivity contribution >= 4 is 5.96 Å². The largest absolute Gasteiger partial charge is 0.357 e. The third kappa shape index (κ3) is 4.58. The van der Waals surface area contributed by atoms with Gasteiger partial charge in [0.25, 0.3) is 0 Å². The van der Waals surface area contributed by atoms with E-state index in [1.165, 1.54) is 11.1 Å². The maximum Gasteiger partial charge on any atom is 0.223 e. The number of aliphatic imine (C=N–C) groups is 1. The Kier molecular flexibility index (Phi) is 5.94. The quantitative estimate of drug-likeness (QED) is 0.632. The molecule has 0 aliphatic carbocycles. The standard InChI is InChI=1S/C16H23N5O/c1-4-13-8-6-7-9-14(13)10-18-16(17-5-2)19-11-15-20-12(3)22-21-15/h6-9H,4-5,10-11H2,1-3H3,(H2,17,18,19). The fourth-order valence-corrected chi connectivity index (χ4v) is 2.14. The van der Waals surface area contributed by atoms with E-state index in [1.54, 1.807) is 6.92 Å². The van der Waals surface area contributed by atoms with Gasteiger partial charge in [-0.05, 0) is 24.5 Å². The summed E-state index contributed by atoms with van der Waals surface area (Å²) in [6.45, 7) is 7.90. The summed E-state index contributed by atoms with van der Waals surface area (Å²) in [6, 6.07) is 8.38. The molecule has 2 aromatic rings. The molecule has 0 unspecified atom stereocenters. The summed E-state index contributed by atoms with van der Waals surface area (Å²) >= 11 is 0. The highest BCUT2D eigenvalue weighted by molar-refractivity contribution is 5.79. The molecule has 2 rings (SSSR count). The SMILES string of the molecule is CCNC(=NCc1ccccc1CC)NCc1noc(C)n1. The minimum absolute atomic E-state index is 0.485. The molecule has 2 N–H and O–H groups in total. The molecule has 118 valence electrons. The van der Waals surface area contributed by atoms with Crippen molar-refractivity contribution in [3.8, 4) is 0 Å². The second-order valence-corrected chi connectivity index (χ2v) is 4.90. The molecule has 0 aliphatic heterocycles. The Labute approximate surface area is 131 Å². The molecule has 1 aromatic carbocycles. The number of aryl methyl sites for hydroxylation is 2. The lowest BCUT2D eigenvalue weighted by atomic mass is 10.1. The van der Waals surface area contributed by atoms with Gasteiger partial charge in [0.1, 0.15) is 0 Å². The number of hydrogen-bond acceptors (Lipinski definition) is 4. The molecule has 6 nitrogen and oxygen atoms in total. The van der Waals surface area contributed by atoms with E-state index >= 15 is 0 Å². The van der Waals surface area contributed by atoms with Crippen LogP contribution in [-0.4, -0.2) is 22.6 Å². The van der Waals surface area contributed by atoms with Crippen LogP contribution in [-0.2, 0) is 19.5 Å². The van der Waals surface area contributed by atoms with Gasteiger partial charge in [-0.25, -0.2) is 4.99 Å². The highest BCUT2D eigenvalue weighted by Crippen LogP contribution is 2.10. The third-order valence-corrected chi connectivity index (χ3v) is 3.23. The summed E-state index contributed by atoms with van der Waals surface area (Å²) in [4.78, 5) is 8.79. The van der Waals surface area contributed by atoms with Crippen LogP contribution in [0.2, 0.25) is 0 Å². The molecule has 0 saturated carbocycles. The van der Waals surface area contributed by atoms with E-state index in [0.29, 0.717) is 24.8 Å². The van der Waals surface area contributed by atoms with Crippen LogP contribution in [0.25, 0.3) is 0 Å². The molecule has 0 saturated heterocycles. The summed E-state index contributed by atoms with van der Waals surface area (Å²) in [5.41, 5.74) is 2.58. The zero-order valence-electron chi connectivity index (χ0n) is 13.4. The zero-order chi connectivity index (χ0) is 15.8. The minimum atomic E-state index is 0.485. The van der Waals surface area contributed by atoms with Gasteiger partial charge in [-0.1, -0.05) is 36.3 Å². The van der Waals surface area contributed by atoms with Crippen LogP contribution in [0.5, 0.6) is 0 Å². The van der Waals surface area contributed by atoms with Crippen molar-refractivity contribution in [2.45, 2.75) is 40.3 Å². The van der Waals surface area contributed by atoms with Crippen LogP contribution in [0.3, 0.4) is 0 Å². The molecule has 22 heavy (non-hydrogen) atoms. The first-order valence-corrected chi connectivity index (χ1v) is 7.61. The lowest BCUT2D eigenvalue weighted by molar-refractivity contribution is 0.387. The molecule has 0 atom stereocenters. The molecule has 1 heterocycles. The Hall–Kier alpha value is -2.37. The van der Waals surface area contributed by atoms with Gasteiger partial charge < -0.3 is 15.2 Å². The number of nitrogens with zero attached hydrogens (tertiary/aromatic N) is 3. The number of rotatable bonds is 6. The molecular formula is C16H23N5O. The van der Waals surface area contributed by atoms with Gasteiger partial charge >= 0.3 is 0 Å². The van der Waals surface area contributed by atoms with Crippen LogP contribution in [0.1, 0.15) is 36.7 Å². The van der Waals surface area contributed by atoms with E-state index in [9.17, 15) is 0 Å². The van der Waals surface area contributed by atoms with Crippen molar-refractivity contribution < 1.29 is 4.52 Å². The van der Waals surface area contributed by atoms with Gasteiger partial charge in [0.15, 0.2) is 11.8 Å². The predicted octanol–water partition coefficient (Wildman–Crippen LogP) is 2.20. The van der Waals surface area contributed by atoms with Crippen molar-refractivity contribution in [2.24, 2.45) is 4.99 Å². The first-order chi connectivity index (χ1) is 10.7. The van der Waals surface area contributed by atoms with E-state index in [1.807, 2.05) is 13.0 Å².